The molecule has 12 heavy (non-hydrogen) atoms. The van der Waals surface area contributed by atoms with Gasteiger partial charge in [0.2, 0.25) is 0 Å². The molecule has 0 aliphatic rings. The molecule has 0 fully saturated rings. The first kappa shape index (κ1) is 10.5. The van der Waals surface area contributed by atoms with E-state index in [0.717, 1.165) is 0 Å². The summed E-state index contributed by atoms with van der Waals surface area (Å²) >= 11 is 0. The molecular formula is C8H10N2O2. The van der Waals surface area contributed by atoms with Crippen LogP contribution in [0, 0.1) is 22.7 Å². The van der Waals surface area contributed by atoms with Gasteiger partial charge in [0.1, 0.15) is 17.4 Å². The first-order chi connectivity index (χ1) is 5.67. The maximum absolute atomic E-state index is 8.99. The normalized spacial score (nSPS) is 13.8. The van der Waals surface area contributed by atoms with E-state index in [1.165, 1.54) is 0 Å². The van der Waals surface area contributed by atoms with Gasteiger partial charge < -0.3 is 9.84 Å². The molecule has 0 amide bonds. The number of hydrogen-bond donors (Lipinski definition) is 1. The van der Waals surface area contributed by atoms with Crippen LogP contribution in [0.25, 0.3) is 0 Å². The number of allylic oxidation sites excluding steroid dienone is 1. The lowest BCUT2D eigenvalue weighted by atomic mass is 10.1. The van der Waals surface area contributed by atoms with E-state index < -0.39 is 6.10 Å². The Hall–Kier alpha value is -1.52. The van der Waals surface area contributed by atoms with Gasteiger partial charge in [-0.3, -0.25) is 0 Å². The molecule has 0 aromatic carbocycles. The molecule has 0 spiro atoms. The van der Waals surface area contributed by atoms with E-state index in [4.69, 9.17) is 20.4 Å². The Morgan fingerprint density at radius 1 is 1.58 bits per heavy atom. The van der Waals surface area contributed by atoms with Crippen LogP contribution >= 0.6 is 0 Å². The molecule has 0 saturated carbocycles. The first-order valence-electron chi connectivity index (χ1n) is 3.48. The van der Waals surface area contributed by atoms with E-state index in [0.29, 0.717) is 12.4 Å². The molecule has 64 valence electrons. The average Bonchev–Trinajstić information content (AvgIpc) is 2.06. The van der Waals surface area contributed by atoms with Crippen LogP contribution in [0.3, 0.4) is 0 Å². The van der Waals surface area contributed by atoms with Crippen molar-refractivity contribution in [1.29, 1.82) is 10.5 Å². The van der Waals surface area contributed by atoms with Crippen molar-refractivity contribution in [3.05, 3.63) is 11.3 Å². The minimum absolute atomic E-state index is 0.0284. The molecule has 4 heteroatoms. The van der Waals surface area contributed by atoms with Gasteiger partial charge in [0, 0.05) is 0 Å². The zero-order valence-corrected chi connectivity index (χ0v) is 7.03. The number of rotatable bonds is 3. The fraction of sp³-hybridized carbons (Fsp3) is 0.500. The van der Waals surface area contributed by atoms with Gasteiger partial charge in [-0.1, -0.05) is 0 Å². The Morgan fingerprint density at radius 2 is 2.17 bits per heavy atom. The molecule has 0 rings (SSSR count). The summed E-state index contributed by atoms with van der Waals surface area (Å²) < 4.78 is 4.96. The third-order valence-electron chi connectivity index (χ3n) is 1.26. The predicted octanol–water partition coefficient (Wildman–Crippen LogP) is 0.705. The van der Waals surface area contributed by atoms with E-state index in [1.807, 2.05) is 0 Å². The molecule has 1 N–H and O–H groups in total. The molecule has 0 radical (unpaired) electrons. The van der Waals surface area contributed by atoms with Gasteiger partial charge in [-0.05, 0) is 13.8 Å². The number of nitriles is 2. The summed E-state index contributed by atoms with van der Waals surface area (Å²) in [5.41, 5.74) is -0.0284. The van der Waals surface area contributed by atoms with E-state index in [1.54, 1.807) is 26.0 Å². The zero-order valence-electron chi connectivity index (χ0n) is 7.03. The van der Waals surface area contributed by atoms with Crippen molar-refractivity contribution in [1.82, 2.24) is 0 Å². The average molecular weight is 166 g/mol. The van der Waals surface area contributed by atoms with Crippen LogP contribution < -0.4 is 0 Å². The van der Waals surface area contributed by atoms with E-state index >= 15 is 0 Å². The summed E-state index contributed by atoms with van der Waals surface area (Å²) in [6, 6.07) is 3.27. The monoisotopic (exact) mass is 166 g/mol. The second-order valence-corrected chi connectivity index (χ2v) is 2.05. The Balaban J connectivity index is 4.66. The van der Waals surface area contributed by atoms with Gasteiger partial charge in [0.25, 0.3) is 0 Å². The fourth-order valence-corrected chi connectivity index (χ4v) is 0.691. The highest BCUT2D eigenvalue weighted by Gasteiger charge is 2.13. The minimum atomic E-state index is -1.39. The Bertz CT molecular complexity index is 257. The topological polar surface area (TPSA) is 77.0 Å². The molecule has 0 aromatic rings. The number of aliphatic hydroxyl groups excluding tert-OH is 1. The van der Waals surface area contributed by atoms with Crippen molar-refractivity contribution in [2.45, 2.75) is 20.0 Å². The van der Waals surface area contributed by atoms with Gasteiger partial charge in [0.15, 0.2) is 6.10 Å². The number of nitrogens with zero attached hydrogens (tertiary/aromatic N) is 2. The third kappa shape index (κ3) is 2.61. The van der Waals surface area contributed by atoms with Crippen molar-refractivity contribution >= 4 is 0 Å². The van der Waals surface area contributed by atoms with Crippen LogP contribution in [-0.4, -0.2) is 17.8 Å². The van der Waals surface area contributed by atoms with Crippen molar-refractivity contribution in [3.8, 4) is 12.1 Å². The summed E-state index contributed by atoms with van der Waals surface area (Å²) in [5, 5.41) is 25.8. The van der Waals surface area contributed by atoms with Crippen molar-refractivity contribution < 1.29 is 9.84 Å². The lowest BCUT2D eigenvalue weighted by Gasteiger charge is -2.06. The van der Waals surface area contributed by atoms with Crippen molar-refractivity contribution in [2.75, 3.05) is 6.61 Å². The second-order valence-electron chi connectivity index (χ2n) is 2.05. The van der Waals surface area contributed by atoms with E-state index in [2.05, 4.69) is 0 Å². The van der Waals surface area contributed by atoms with Crippen LogP contribution in [0.15, 0.2) is 11.3 Å². The molecule has 4 nitrogen and oxygen atoms in total. The minimum Gasteiger partial charge on any atom is -0.497 e. The second kappa shape index (κ2) is 5.17. The maximum Gasteiger partial charge on any atom is 0.179 e. The Morgan fingerprint density at radius 3 is 2.50 bits per heavy atom. The molecule has 0 heterocycles. The largest absolute Gasteiger partial charge is 0.497 e. The highest BCUT2D eigenvalue weighted by atomic mass is 16.5. The highest BCUT2D eigenvalue weighted by Crippen LogP contribution is 2.08. The van der Waals surface area contributed by atoms with Crippen molar-refractivity contribution in [2.24, 2.45) is 0 Å². The molecular weight excluding hydrogens is 156 g/mol. The van der Waals surface area contributed by atoms with Crippen LogP contribution in [-0.2, 0) is 4.74 Å². The molecule has 0 aromatic heterocycles. The molecule has 1 unspecified atom stereocenters. The van der Waals surface area contributed by atoms with Gasteiger partial charge in [-0.25, -0.2) is 0 Å². The number of aliphatic hydroxyl groups is 1. The first-order valence-corrected chi connectivity index (χ1v) is 3.48. The van der Waals surface area contributed by atoms with Crippen LogP contribution in [0.1, 0.15) is 13.8 Å². The molecule has 0 bridgehead atoms. The van der Waals surface area contributed by atoms with E-state index in [9.17, 15) is 0 Å². The maximum atomic E-state index is 8.99. The number of ether oxygens (including phenoxy) is 1. The van der Waals surface area contributed by atoms with Gasteiger partial charge in [-0.2, -0.15) is 10.5 Å². The van der Waals surface area contributed by atoms with Crippen LogP contribution in [0.2, 0.25) is 0 Å². The summed E-state index contributed by atoms with van der Waals surface area (Å²) in [6.45, 7) is 3.72. The Labute approximate surface area is 71.3 Å². The van der Waals surface area contributed by atoms with Crippen molar-refractivity contribution in [3.63, 3.8) is 0 Å². The lowest BCUT2D eigenvalue weighted by molar-refractivity contribution is 0.211. The fourth-order valence-electron chi connectivity index (χ4n) is 0.691. The smallest absolute Gasteiger partial charge is 0.179 e. The van der Waals surface area contributed by atoms with E-state index in [-0.39, 0.29) is 5.57 Å². The SMILES string of the molecule is CCO/C(C)=C(\C#N)C(O)C#N. The zero-order chi connectivity index (χ0) is 9.56. The molecule has 0 aliphatic carbocycles. The molecule has 0 aliphatic heterocycles. The standard InChI is InChI=1S/C8H10N2O2/c1-3-12-6(2)7(4-9)8(11)5-10/h8,11H,3H2,1-2H3/b7-6+. The predicted molar refractivity (Wildman–Crippen MR) is 41.6 cm³/mol. The Kier molecular flexibility index (Phi) is 4.52. The van der Waals surface area contributed by atoms with Gasteiger partial charge >= 0.3 is 0 Å². The van der Waals surface area contributed by atoms with Crippen LogP contribution in [0.4, 0.5) is 0 Å². The summed E-state index contributed by atoms with van der Waals surface area (Å²) in [5.74, 6) is 0.300. The summed E-state index contributed by atoms with van der Waals surface area (Å²) in [6.07, 6.45) is -1.39. The van der Waals surface area contributed by atoms with Gasteiger partial charge in [-0.15, -0.1) is 0 Å². The van der Waals surface area contributed by atoms with Gasteiger partial charge in [0.05, 0.1) is 12.7 Å². The number of hydrogen-bond acceptors (Lipinski definition) is 4. The summed E-state index contributed by atoms with van der Waals surface area (Å²) in [4.78, 5) is 0. The lowest BCUT2D eigenvalue weighted by Crippen LogP contribution is -2.09. The molecule has 0 saturated heterocycles. The third-order valence-corrected chi connectivity index (χ3v) is 1.26. The molecule has 1 atom stereocenters. The van der Waals surface area contributed by atoms with Crippen LogP contribution in [0.5, 0.6) is 0 Å². The quantitative estimate of drug-likeness (QED) is 0.380. The summed E-state index contributed by atoms with van der Waals surface area (Å²) in [7, 11) is 0. The highest BCUT2D eigenvalue weighted by molar-refractivity contribution is 5.32.